The number of thiocarbonyl (C=S) groups is 1. The van der Waals surface area contributed by atoms with Crippen LogP contribution >= 0.6 is 35.2 Å². The quantitative estimate of drug-likeness (QED) is 0.726. The number of rotatable bonds is 4. The van der Waals surface area contributed by atoms with E-state index in [4.69, 9.17) is 23.8 Å². The van der Waals surface area contributed by atoms with Gasteiger partial charge in [-0.25, -0.2) is 0 Å². The third-order valence-electron chi connectivity index (χ3n) is 5.24. The Morgan fingerprint density at radius 1 is 1.16 bits per heavy atom. The number of anilines is 1. The first kappa shape index (κ1) is 17.3. The van der Waals surface area contributed by atoms with E-state index in [1.165, 1.54) is 30.6 Å². The second-order valence-corrected chi connectivity index (χ2v) is 8.79. The van der Waals surface area contributed by atoms with E-state index in [2.05, 4.69) is 33.0 Å². The molecule has 0 spiro atoms. The lowest BCUT2D eigenvalue weighted by Gasteiger charge is -2.39. The predicted molar refractivity (Wildman–Crippen MR) is 111 cm³/mol. The predicted octanol–water partition coefficient (Wildman–Crippen LogP) is 4.88. The second-order valence-electron chi connectivity index (χ2n) is 6.91. The molecule has 1 aromatic heterocycles. The minimum atomic E-state index is 0.462. The largest absolute Gasteiger partial charge is 0.360 e. The third kappa shape index (κ3) is 4.17. The van der Waals surface area contributed by atoms with Crippen molar-refractivity contribution in [1.82, 2.24) is 10.2 Å². The standard InChI is InChI=1S/C19H22ClN3S2/c20-13-3-5-14(6-4-13)21-19(24)22-15-10-16-7-8-17(11-15)23(16)12-18-2-1-9-25-18/h1-6,9,15-17H,7-8,10-12H2,(H2,21,22,24)/t16-,17-/m0/s1. The summed E-state index contributed by atoms with van der Waals surface area (Å²) in [6.45, 7) is 1.10. The number of nitrogens with zero attached hydrogens (tertiary/aromatic N) is 1. The van der Waals surface area contributed by atoms with Crippen molar-refractivity contribution in [3.05, 3.63) is 51.7 Å². The molecule has 2 aliphatic rings. The lowest BCUT2D eigenvalue weighted by molar-refractivity contribution is 0.116. The van der Waals surface area contributed by atoms with Crippen molar-refractivity contribution in [1.29, 1.82) is 0 Å². The first-order valence-corrected chi connectivity index (χ1v) is 10.4. The molecule has 0 aliphatic carbocycles. The Morgan fingerprint density at radius 3 is 2.52 bits per heavy atom. The number of hydrogen-bond acceptors (Lipinski definition) is 3. The topological polar surface area (TPSA) is 27.3 Å². The normalized spacial score (nSPS) is 25.7. The number of thiophene rings is 1. The maximum atomic E-state index is 5.93. The highest BCUT2D eigenvalue weighted by Gasteiger charge is 2.40. The molecule has 6 heteroatoms. The molecule has 132 valence electrons. The van der Waals surface area contributed by atoms with Gasteiger partial charge >= 0.3 is 0 Å². The number of fused-ring (bicyclic) bond motifs is 2. The van der Waals surface area contributed by atoms with Crippen molar-refractivity contribution in [2.75, 3.05) is 5.32 Å². The van der Waals surface area contributed by atoms with Crippen molar-refractivity contribution in [2.24, 2.45) is 0 Å². The zero-order valence-corrected chi connectivity index (χ0v) is 16.3. The van der Waals surface area contributed by atoms with Crippen molar-refractivity contribution in [3.63, 3.8) is 0 Å². The molecule has 2 atom stereocenters. The average molecular weight is 392 g/mol. The van der Waals surface area contributed by atoms with E-state index in [1.807, 2.05) is 35.6 Å². The van der Waals surface area contributed by atoms with Crippen LogP contribution in [0.1, 0.15) is 30.6 Å². The molecule has 0 unspecified atom stereocenters. The molecule has 0 amide bonds. The maximum Gasteiger partial charge on any atom is 0.170 e. The molecular formula is C19H22ClN3S2. The highest BCUT2D eigenvalue weighted by atomic mass is 35.5. The molecule has 3 nitrogen and oxygen atoms in total. The van der Waals surface area contributed by atoms with Crippen molar-refractivity contribution in [2.45, 2.75) is 50.4 Å². The molecule has 4 rings (SSSR count). The monoisotopic (exact) mass is 391 g/mol. The molecule has 1 aromatic carbocycles. The smallest absolute Gasteiger partial charge is 0.170 e. The Balaban J connectivity index is 1.31. The van der Waals surface area contributed by atoms with E-state index < -0.39 is 0 Å². The van der Waals surface area contributed by atoms with E-state index in [9.17, 15) is 0 Å². The van der Waals surface area contributed by atoms with Gasteiger partial charge in [0.05, 0.1) is 0 Å². The van der Waals surface area contributed by atoms with Gasteiger partial charge in [-0.15, -0.1) is 11.3 Å². The second kappa shape index (κ2) is 7.62. The van der Waals surface area contributed by atoms with E-state index in [1.54, 1.807) is 0 Å². The average Bonchev–Trinajstić information content (AvgIpc) is 3.17. The fourth-order valence-electron chi connectivity index (χ4n) is 4.12. The van der Waals surface area contributed by atoms with Gasteiger partial charge in [-0.1, -0.05) is 17.7 Å². The van der Waals surface area contributed by atoms with Gasteiger partial charge in [-0.3, -0.25) is 4.90 Å². The van der Waals surface area contributed by atoms with Crippen LogP contribution < -0.4 is 10.6 Å². The van der Waals surface area contributed by atoms with Gasteiger partial charge in [0.1, 0.15) is 0 Å². The van der Waals surface area contributed by atoms with Gasteiger partial charge in [0, 0.05) is 40.3 Å². The van der Waals surface area contributed by atoms with Gasteiger partial charge in [0.2, 0.25) is 0 Å². The summed E-state index contributed by atoms with van der Waals surface area (Å²) in [6, 6.07) is 13.9. The minimum Gasteiger partial charge on any atom is -0.360 e. The van der Waals surface area contributed by atoms with Crippen molar-refractivity contribution >= 4 is 46.0 Å². The van der Waals surface area contributed by atoms with Crippen LogP contribution in [0.2, 0.25) is 5.02 Å². The molecule has 2 aliphatic heterocycles. The van der Waals surface area contributed by atoms with Gasteiger partial charge in [-0.05, 0) is 73.6 Å². The third-order valence-corrected chi connectivity index (χ3v) is 6.57. The van der Waals surface area contributed by atoms with Crippen LogP contribution in [-0.4, -0.2) is 28.1 Å². The van der Waals surface area contributed by atoms with Crippen LogP contribution in [0.15, 0.2) is 41.8 Å². The molecule has 2 N–H and O–H groups in total. The number of nitrogens with one attached hydrogen (secondary N) is 2. The molecule has 2 aromatic rings. The summed E-state index contributed by atoms with van der Waals surface area (Å²) < 4.78 is 0. The summed E-state index contributed by atoms with van der Waals surface area (Å²) in [6.07, 6.45) is 4.96. The molecule has 2 bridgehead atoms. The van der Waals surface area contributed by atoms with Crippen molar-refractivity contribution in [3.8, 4) is 0 Å². The van der Waals surface area contributed by atoms with Crippen molar-refractivity contribution < 1.29 is 0 Å². The summed E-state index contributed by atoms with van der Waals surface area (Å²) in [4.78, 5) is 4.18. The summed E-state index contributed by atoms with van der Waals surface area (Å²) in [5, 5.41) is 10.4. The van der Waals surface area contributed by atoms with Gasteiger partial charge in [-0.2, -0.15) is 0 Å². The fourth-order valence-corrected chi connectivity index (χ4v) is 5.24. The minimum absolute atomic E-state index is 0.462. The van der Waals surface area contributed by atoms with Crippen LogP contribution in [0, 0.1) is 0 Å². The van der Waals surface area contributed by atoms with E-state index >= 15 is 0 Å². The molecule has 2 fully saturated rings. The SMILES string of the molecule is S=C(Nc1ccc(Cl)cc1)NC1C[C@@H]2CC[C@@H](C1)N2Cc1cccs1. The van der Waals surface area contributed by atoms with Gasteiger partial charge in [0.25, 0.3) is 0 Å². The Hall–Kier alpha value is -1.14. The number of benzene rings is 1. The molecule has 25 heavy (non-hydrogen) atoms. The van der Waals surface area contributed by atoms with Crippen LogP contribution in [0.25, 0.3) is 0 Å². The van der Waals surface area contributed by atoms with Crippen LogP contribution in [0.5, 0.6) is 0 Å². The van der Waals surface area contributed by atoms with Crippen LogP contribution in [0.4, 0.5) is 5.69 Å². The lowest BCUT2D eigenvalue weighted by Crippen LogP contribution is -2.50. The Morgan fingerprint density at radius 2 is 1.88 bits per heavy atom. The first-order valence-electron chi connectivity index (χ1n) is 8.78. The Bertz CT molecular complexity index is 703. The summed E-state index contributed by atoms with van der Waals surface area (Å²) >= 11 is 13.3. The molecule has 2 saturated heterocycles. The number of piperidine rings is 1. The Kier molecular flexibility index (Phi) is 5.27. The summed E-state index contributed by atoms with van der Waals surface area (Å²) in [7, 11) is 0. The zero-order chi connectivity index (χ0) is 17.2. The van der Waals surface area contributed by atoms with Crippen LogP contribution in [0.3, 0.4) is 0 Å². The van der Waals surface area contributed by atoms with Gasteiger partial charge in [0.15, 0.2) is 5.11 Å². The highest BCUT2D eigenvalue weighted by molar-refractivity contribution is 7.80. The van der Waals surface area contributed by atoms with E-state index in [-0.39, 0.29) is 0 Å². The molecule has 0 radical (unpaired) electrons. The van der Waals surface area contributed by atoms with Gasteiger partial charge < -0.3 is 10.6 Å². The highest BCUT2D eigenvalue weighted by Crippen LogP contribution is 2.37. The summed E-state index contributed by atoms with van der Waals surface area (Å²) in [5.74, 6) is 0. The molecular weight excluding hydrogens is 370 g/mol. The number of halogens is 1. The summed E-state index contributed by atoms with van der Waals surface area (Å²) in [5.41, 5.74) is 0.972. The van der Waals surface area contributed by atoms with Crippen LogP contribution in [-0.2, 0) is 6.54 Å². The molecule has 0 saturated carbocycles. The fraction of sp³-hybridized carbons (Fsp3) is 0.421. The number of hydrogen-bond donors (Lipinski definition) is 2. The first-order chi connectivity index (χ1) is 12.2. The lowest BCUT2D eigenvalue weighted by atomic mass is 9.97. The Labute approximate surface area is 163 Å². The zero-order valence-electron chi connectivity index (χ0n) is 14.0. The molecule has 3 heterocycles. The maximum absolute atomic E-state index is 5.93. The van der Waals surface area contributed by atoms with E-state index in [0.29, 0.717) is 23.2 Å². The van der Waals surface area contributed by atoms with E-state index in [0.717, 1.165) is 17.3 Å².